The molecule has 8 nitrogen and oxygen atoms in total. The molecule has 1 fully saturated rings. The predicted octanol–water partition coefficient (Wildman–Crippen LogP) is 3.41. The van der Waals surface area contributed by atoms with Crippen molar-refractivity contribution >= 4 is 34.1 Å². The van der Waals surface area contributed by atoms with Gasteiger partial charge in [-0.15, -0.1) is 20.4 Å². The first-order valence-electron chi connectivity index (χ1n) is 8.97. The number of aromatic nitrogens is 5. The summed E-state index contributed by atoms with van der Waals surface area (Å²) in [7, 11) is 1.87. The molecule has 1 N–H and O–H groups in total. The normalized spacial score (nSPS) is 14.6. The van der Waals surface area contributed by atoms with Gasteiger partial charge in [-0.2, -0.15) is 0 Å². The number of carbonyl (C=O) groups excluding carboxylic acids is 1. The standard InChI is InChI=1S/C18H20N6O2S2/c1-11(26-13-6-4-3-5-7-13)15-20-23-18(24(15)2)27-10-14(25)19-17-22-21-16(28-17)12-8-9-12/h3-7,11-12H,8-10H2,1-2H3,(H,19,22,25). The van der Waals surface area contributed by atoms with Crippen LogP contribution in [0.3, 0.4) is 0 Å². The van der Waals surface area contributed by atoms with Crippen molar-refractivity contribution in [3.8, 4) is 5.75 Å². The lowest BCUT2D eigenvalue weighted by atomic mass is 10.3. The second-order valence-corrected chi connectivity index (χ2v) is 8.48. The Kier molecular flexibility index (Phi) is 5.58. The average Bonchev–Trinajstić information content (AvgIpc) is 3.33. The number of hydrogen-bond donors (Lipinski definition) is 1. The number of rotatable bonds is 8. The molecule has 1 unspecified atom stereocenters. The first kappa shape index (κ1) is 18.9. The third-order valence-corrected chi connectivity index (χ3v) is 6.26. The molecule has 1 aromatic carbocycles. The van der Waals surface area contributed by atoms with Gasteiger partial charge in [0, 0.05) is 13.0 Å². The first-order chi connectivity index (χ1) is 13.6. The lowest BCUT2D eigenvalue weighted by Crippen LogP contribution is -2.14. The summed E-state index contributed by atoms with van der Waals surface area (Å²) in [4.78, 5) is 12.2. The van der Waals surface area contributed by atoms with Gasteiger partial charge in [-0.05, 0) is 31.9 Å². The first-order valence-corrected chi connectivity index (χ1v) is 10.8. The summed E-state index contributed by atoms with van der Waals surface area (Å²) in [5.41, 5.74) is 0. The van der Waals surface area contributed by atoms with E-state index in [-0.39, 0.29) is 17.8 Å². The van der Waals surface area contributed by atoms with E-state index in [9.17, 15) is 4.79 Å². The molecule has 1 aliphatic carbocycles. The van der Waals surface area contributed by atoms with Crippen LogP contribution in [-0.4, -0.2) is 36.6 Å². The number of nitrogens with one attached hydrogen (secondary N) is 1. The van der Waals surface area contributed by atoms with Gasteiger partial charge < -0.3 is 9.30 Å². The lowest BCUT2D eigenvalue weighted by Gasteiger charge is -2.14. The molecular weight excluding hydrogens is 396 g/mol. The maximum atomic E-state index is 12.2. The minimum atomic E-state index is -0.259. The molecule has 1 saturated carbocycles. The highest BCUT2D eigenvalue weighted by Gasteiger charge is 2.27. The zero-order valence-corrected chi connectivity index (χ0v) is 17.2. The van der Waals surface area contributed by atoms with E-state index in [1.54, 1.807) is 0 Å². The van der Waals surface area contributed by atoms with Crippen molar-refractivity contribution in [2.45, 2.75) is 36.9 Å². The molecule has 2 heterocycles. The van der Waals surface area contributed by atoms with Crippen LogP contribution in [0.4, 0.5) is 5.13 Å². The van der Waals surface area contributed by atoms with Gasteiger partial charge in [0.1, 0.15) is 10.8 Å². The number of anilines is 1. The van der Waals surface area contributed by atoms with Gasteiger partial charge in [0.25, 0.3) is 0 Å². The van der Waals surface area contributed by atoms with Crippen molar-refractivity contribution in [2.75, 3.05) is 11.1 Å². The molecule has 0 bridgehead atoms. The molecule has 0 saturated heterocycles. The van der Waals surface area contributed by atoms with Crippen LogP contribution < -0.4 is 10.1 Å². The summed E-state index contributed by atoms with van der Waals surface area (Å²) in [6.45, 7) is 1.92. The Bertz CT molecular complexity index is 954. The Morgan fingerprint density at radius 1 is 1.29 bits per heavy atom. The average molecular weight is 417 g/mol. The van der Waals surface area contributed by atoms with Crippen LogP contribution in [0.2, 0.25) is 0 Å². The Morgan fingerprint density at radius 2 is 2.07 bits per heavy atom. The smallest absolute Gasteiger partial charge is 0.236 e. The molecule has 10 heteroatoms. The fourth-order valence-corrected chi connectivity index (χ4v) is 4.27. The maximum Gasteiger partial charge on any atom is 0.236 e. The quantitative estimate of drug-likeness (QED) is 0.562. The third kappa shape index (κ3) is 4.50. The highest BCUT2D eigenvalue weighted by Crippen LogP contribution is 2.42. The Morgan fingerprint density at radius 3 is 2.82 bits per heavy atom. The van der Waals surface area contributed by atoms with Gasteiger partial charge in [0.05, 0.1) is 5.75 Å². The highest BCUT2D eigenvalue weighted by molar-refractivity contribution is 7.99. The van der Waals surface area contributed by atoms with Crippen molar-refractivity contribution in [1.82, 2.24) is 25.0 Å². The summed E-state index contributed by atoms with van der Waals surface area (Å²) in [5, 5.41) is 21.6. The molecule has 1 aliphatic rings. The van der Waals surface area contributed by atoms with E-state index >= 15 is 0 Å². The summed E-state index contributed by atoms with van der Waals surface area (Å²) < 4.78 is 7.75. The van der Waals surface area contributed by atoms with Crippen molar-refractivity contribution < 1.29 is 9.53 Å². The highest BCUT2D eigenvalue weighted by atomic mass is 32.2. The second kappa shape index (κ2) is 8.27. The molecule has 146 valence electrons. The van der Waals surface area contributed by atoms with Gasteiger partial charge in [0.2, 0.25) is 11.0 Å². The van der Waals surface area contributed by atoms with Crippen molar-refractivity contribution in [2.24, 2.45) is 7.05 Å². The molecule has 0 aliphatic heterocycles. The number of carbonyl (C=O) groups is 1. The van der Waals surface area contributed by atoms with Crippen LogP contribution >= 0.6 is 23.1 Å². The van der Waals surface area contributed by atoms with Crippen LogP contribution in [-0.2, 0) is 11.8 Å². The second-order valence-electron chi connectivity index (χ2n) is 6.53. The van der Waals surface area contributed by atoms with Crippen molar-refractivity contribution in [3.63, 3.8) is 0 Å². The number of thioether (sulfide) groups is 1. The number of amides is 1. The Hall–Kier alpha value is -2.46. The molecule has 0 spiro atoms. The van der Waals surface area contributed by atoms with Gasteiger partial charge in [-0.3, -0.25) is 10.1 Å². The van der Waals surface area contributed by atoms with Crippen molar-refractivity contribution in [1.29, 1.82) is 0 Å². The Balaban J connectivity index is 1.31. The molecule has 2 aromatic heterocycles. The van der Waals surface area contributed by atoms with Crippen LogP contribution in [0.1, 0.15) is 42.6 Å². The van der Waals surface area contributed by atoms with Gasteiger partial charge in [-0.25, -0.2) is 0 Å². The zero-order valence-electron chi connectivity index (χ0n) is 15.5. The monoisotopic (exact) mass is 416 g/mol. The molecule has 1 amide bonds. The summed E-state index contributed by atoms with van der Waals surface area (Å²) in [6.07, 6.45) is 2.07. The molecule has 28 heavy (non-hydrogen) atoms. The number of hydrogen-bond acceptors (Lipinski definition) is 8. The number of benzene rings is 1. The van der Waals surface area contributed by atoms with E-state index in [1.165, 1.54) is 35.9 Å². The molecule has 1 atom stereocenters. The molecule has 0 radical (unpaired) electrons. The van der Waals surface area contributed by atoms with E-state index in [0.717, 1.165) is 10.8 Å². The zero-order chi connectivity index (χ0) is 19.5. The number of para-hydroxylation sites is 1. The van der Waals surface area contributed by atoms with E-state index in [0.29, 0.717) is 22.0 Å². The summed E-state index contributed by atoms with van der Waals surface area (Å²) >= 11 is 2.77. The van der Waals surface area contributed by atoms with Gasteiger partial charge in [0.15, 0.2) is 17.1 Å². The SMILES string of the molecule is CC(Oc1ccccc1)c1nnc(SCC(=O)Nc2nnc(C3CC3)s2)n1C. The predicted molar refractivity (Wildman–Crippen MR) is 108 cm³/mol. The largest absolute Gasteiger partial charge is 0.483 e. The van der Waals surface area contributed by atoms with Crippen LogP contribution in [0, 0.1) is 0 Å². The fourth-order valence-electron chi connectivity index (χ4n) is 2.63. The van der Waals surface area contributed by atoms with Gasteiger partial charge in [-0.1, -0.05) is 41.3 Å². The van der Waals surface area contributed by atoms with Crippen molar-refractivity contribution in [3.05, 3.63) is 41.2 Å². The van der Waals surface area contributed by atoms with E-state index in [1.807, 2.05) is 48.9 Å². The Labute approximate surface area is 170 Å². The molecule has 3 aromatic rings. The van der Waals surface area contributed by atoms with E-state index in [4.69, 9.17) is 4.74 Å². The lowest BCUT2D eigenvalue weighted by molar-refractivity contribution is -0.113. The van der Waals surface area contributed by atoms with Gasteiger partial charge >= 0.3 is 0 Å². The number of ether oxygens (including phenoxy) is 1. The van der Waals surface area contributed by atoms with Crippen LogP contribution in [0.25, 0.3) is 0 Å². The summed E-state index contributed by atoms with van der Waals surface area (Å²) in [6, 6.07) is 9.58. The third-order valence-electron chi connectivity index (χ3n) is 4.23. The van der Waals surface area contributed by atoms with E-state index in [2.05, 4.69) is 25.7 Å². The van der Waals surface area contributed by atoms with E-state index < -0.39 is 0 Å². The molecular formula is C18H20N6O2S2. The minimum Gasteiger partial charge on any atom is -0.483 e. The fraction of sp³-hybridized carbons (Fsp3) is 0.389. The minimum absolute atomic E-state index is 0.137. The topological polar surface area (TPSA) is 94.8 Å². The summed E-state index contributed by atoms with van der Waals surface area (Å²) in [5.74, 6) is 2.09. The van der Waals surface area contributed by atoms with Crippen LogP contribution in [0.5, 0.6) is 5.75 Å². The van der Waals surface area contributed by atoms with Crippen LogP contribution in [0.15, 0.2) is 35.5 Å². The molecule has 4 rings (SSSR count). The number of nitrogens with zero attached hydrogens (tertiary/aromatic N) is 5. The maximum absolute atomic E-state index is 12.2.